The van der Waals surface area contributed by atoms with E-state index in [-0.39, 0.29) is 5.82 Å². The molecule has 0 saturated heterocycles. The van der Waals surface area contributed by atoms with Crippen molar-refractivity contribution in [3.05, 3.63) is 79.3 Å². The van der Waals surface area contributed by atoms with E-state index in [4.69, 9.17) is 0 Å². The summed E-state index contributed by atoms with van der Waals surface area (Å²) in [5, 5.41) is 12.8. The van der Waals surface area contributed by atoms with Gasteiger partial charge in [-0.2, -0.15) is 5.10 Å². The molecule has 0 fully saturated rings. The number of hydrogen-bond donors (Lipinski definition) is 3. The van der Waals surface area contributed by atoms with Crippen LogP contribution in [0.1, 0.15) is 0 Å². The highest BCUT2D eigenvalue weighted by Gasteiger charge is 2.16. The maximum absolute atomic E-state index is 14.6. The summed E-state index contributed by atoms with van der Waals surface area (Å²) < 4.78 is 14.6. The average molecular weight is 493 g/mol. The Labute approximate surface area is 212 Å². The minimum atomic E-state index is -0.300. The van der Waals surface area contributed by atoms with E-state index >= 15 is 0 Å². The van der Waals surface area contributed by atoms with Crippen LogP contribution in [0.2, 0.25) is 0 Å². The van der Waals surface area contributed by atoms with Gasteiger partial charge in [-0.1, -0.05) is 0 Å². The van der Waals surface area contributed by atoms with E-state index in [1.54, 1.807) is 31.0 Å². The lowest BCUT2D eigenvalue weighted by molar-refractivity contribution is 0.425. The SMILES string of the molecule is CN(C)CCNc1cc(F)cc(-c2cncc3[nH]c(-c4n[nH]c5cnc(-c6cccnc6)cc45)cc23)c1. The summed E-state index contributed by atoms with van der Waals surface area (Å²) in [6.45, 7) is 1.56. The van der Waals surface area contributed by atoms with Crippen molar-refractivity contribution in [2.45, 2.75) is 0 Å². The fraction of sp³-hybridized carbons (Fsp3) is 0.143. The van der Waals surface area contributed by atoms with Gasteiger partial charge in [-0.25, -0.2) is 4.39 Å². The summed E-state index contributed by atoms with van der Waals surface area (Å²) >= 11 is 0. The van der Waals surface area contributed by atoms with Crippen LogP contribution in [0.4, 0.5) is 10.1 Å². The summed E-state index contributed by atoms with van der Waals surface area (Å²) in [5.41, 5.74) is 7.36. The van der Waals surface area contributed by atoms with Crippen LogP contribution in [0.5, 0.6) is 0 Å². The number of halogens is 1. The lowest BCUT2D eigenvalue weighted by Crippen LogP contribution is -2.20. The highest BCUT2D eigenvalue weighted by atomic mass is 19.1. The molecule has 5 heterocycles. The van der Waals surface area contributed by atoms with Gasteiger partial charge in [-0.15, -0.1) is 0 Å². The zero-order valence-corrected chi connectivity index (χ0v) is 20.5. The molecule has 1 aromatic carbocycles. The van der Waals surface area contributed by atoms with Gasteiger partial charge in [-0.3, -0.25) is 20.1 Å². The molecule has 8 nitrogen and oxygen atoms in total. The number of aromatic nitrogens is 6. The van der Waals surface area contributed by atoms with Gasteiger partial charge >= 0.3 is 0 Å². The molecule has 6 aromatic rings. The Hall–Kier alpha value is -4.63. The lowest BCUT2D eigenvalue weighted by Gasteiger charge is -2.13. The molecule has 184 valence electrons. The zero-order chi connectivity index (χ0) is 25.4. The Morgan fingerprint density at radius 2 is 1.84 bits per heavy atom. The predicted octanol–water partition coefficient (Wildman–Crippen LogP) is 5.34. The maximum Gasteiger partial charge on any atom is 0.125 e. The normalized spacial score (nSPS) is 11.6. The topological polar surface area (TPSA) is 98.4 Å². The second kappa shape index (κ2) is 9.44. The van der Waals surface area contributed by atoms with Crippen molar-refractivity contribution >= 4 is 27.5 Å². The summed E-state index contributed by atoms with van der Waals surface area (Å²) in [6, 6.07) is 12.9. The molecule has 0 aliphatic heterocycles. The van der Waals surface area contributed by atoms with Crippen molar-refractivity contribution in [3.8, 4) is 33.8 Å². The molecular formula is C28H25FN8. The quantitative estimate of drug-likeness (QED) is 0.278. The minimum Gasteiger partial charge on any atom is -0.384 e. The Morgan fingerprint density at radius 1 is 0.919 bits per heavy atom. The number of rotatable bonds is 7. The monoisotopic (exact) mass is 492 g/mol. The second-order valence-corrected chi connectivity index (χ2v) is 9.22. The number of H-pyrrole nitrogens is 2. The van der Waals surface area contributed by atoms with Gasteiger partial charge < -0.3 is 15.2 Å². The standard InChI is InChI=1S/C28H25FN8/c1-37(2)7-6-32-20-9-18(8-19(29)10-20)23-14-31-15-26-21(23)11-25(34-26)28-22-12-24(17-4-3-5-30-13-17)33-16-27(22)35-36-28/h3-5,8-16,32,34H,6-7H2,1-2H3,(H,35,36). The Morgan fingerprint density at radius 3 is 2.68 bits per heavy atom. The molecule has 0 bridgehead atoms. The number of nitrogens with zero attached hydrogens (tertiary/aromatic N) is 5. The number of hydrogen-bond acceptors (Lipinski definition) is 6. The number of benzene rings is 1. The molecule has 0 spiro atoms. The number of pyridine rings is 3. The number of nitrogens with one attached hydrogen (secondary N) is 3. The van der Waals surface area contributed by atoms with Crippen LogP contribution in [0.25, 0.3) is 55.6 Å². The third-order valence-corrected chi connectivity index (χ3v) is 6.30. The highest BCUT2D eigenvalue weighted by Crippen LogP contribution is 2.35. The first-order valence-electron chi connectivity index (χ1n) is 12.0. The van der Waals surface area contributed by atoms with E-state index in [1.165, 1.54) is 12.1 Å². The van der Waals surface area contributed by atoms with Gasteiger partial charge in [-0.05, 0) is 62.1 Å². The van der Waals surface area contributed by atoms with Crippen LogP contribution in [0.3, 0.4) is 0 Å². The predicted molar refractivity (Wildman–Crippen MR) is 145 cm³/mol. The largest absolute Gasteiger partial charge is 0.384 e. The van der Waals surface area contributed by atoms with Gasteiger partial charge in [0.05, 0.1) is 34.8 Å². The summed E-state index contributed by atoms with van der Waals surface area (Å²) in [6.07, 6.45) is 8.85. The fourth-order valence-electron chi connectivity index (χ4n) is 4.47. The summed E-state index contributed by atoms with van der Waals surface area (Å²) in [5.74, 6) is -0.300. The number of anilines is 1. The van der Waals surface area contributed by atoms with Crippen molar-refractivity contribution in [1.82, 2.24) is 35.0 Å². The van der Waals surface area contributed by atoms with Crippen LogP contribution in [-0.4, -0.2) is 62.2 Å². The van der Waals surface area contributed by atoms with Crippen molar-refractivity contribution in [3.63, 3.8) is 0 Å². The van der Waals surface area contributed by atoms with E-state index in [1.807, 2.05) is 44.4 Å². The molecule has 0 amide bonds. The molecule has 0 aliphatic carbocycles. The van der Waals surface area contributed by atoms with Crippen LogP contribution >= 0.6 is 0 Å². The van der Waals surface area contributed by atoms with Gasteiger partial charge in [0.15, 0.2) is 0 Å². The van der Waals surface area contributed by atoms with Crippen LogP contribution in [0.15, 0.2) is 73.4 Å². The molecular weight excluding hydrogens is 467 g/mol. The first kappa shape index (κ1) is 22.8. The number of aromatic amines is 2. The Bertz CT molecular complexity index is 1700. The molecule has 9 heteroatoms. The van der Waals surface area contributed by atoms with Crippen LogP contribution in [-0.2, 0) is 0 Å². The first-order chi connectivity index (χ1) is 18.0. The lowest BCUT2D eigenvalue weighted by atomic mass is 10.0. The Kier molecular flexibility index (Phi) is 5.82. The van der Waals surface area contributed by atoms with Crippen molar-refractivity contribution in [2.24, 2.45) is 0 Å². The van der Waals surface area contributed by atoms with E-state index < -0.39 is 0 Å². The minimum absolute atomic E-state index is 0.300. The highest BCUT2D eigenvalue weighted by molar-refractivity contribution is 6.01. The van der Waals surface area contributed by atoms with Gasteiger partial charge in [0.1, 0.15) is 11.5 Å². The molecule has 6 rings (SSSR count). The fourth-order valence-corrected chi connectivity index (χ4v) is 4.47. The third-order valence-electron chi connectivity index (χ3n) is 6.30. The van der Waals surface area contributed by atoms with Crippen molar-refractivity contribution in [1.29, 1.82) is 0 Å². The molecule has 0 aliphatic rings. The van der Waals surface area contributed by atoms with Gasteiger partial charge in [0, 0.05) is 59.3 Å². The average Bonchev–Trinajstić information content (AvgIpc) is 3.52. The van der Waals surface area contributed by atoms with Gasteiger partial charge in [0.2, 0.25) is 0 Å². The van der Waals surface area contributed by atoms with E-state index in [0.29, 0.717) is 0 Å². The molecule has 3 N–H and O–H groups in total. The smallest absolute Gasteiger partial charge is 0.125 e. The van der Waals surface area contributed by atoms with E-state index in [9.17, 15) is 4.39 Å². The maximum atomic E-state index is 14.6. The van der Waals surface area contributed by atoms with Crippen molar-refractivity contribution in [2.75, 3.05) is 32.5 Å². The van der Waals surface area contributed by atoms with E-state index in [0.717, 1.165) is 74.4 Å². The summed E-state index contributed by atoms with van der Waals surface area (Å²) in [4.78, 5) is 18.7. The van der Waals surface area contributed by atoms with Crippen LogP contribution in [0, 0.1) is 5.82 Å². The molecule has 0 radical (unpaired) electrons. The van der Waals surface area contributed by atoms with Gasteiger partial charge in [0.25, 0.3) is 0 Å². The van der Waals surface area contributed by atoms with Crippen LogP contribution < -0.4 is 5.32 Å². The number of fused-ring (bicyclic) bond motifs is 2. The summed E-state index contributed by atoms with van der Waals surface area (Å²) in [7, 11) is 4.01. The van der Waals surface area contributed by atoms with E-state index in [2.05, 4.69) is 40.3 Å². The van der Waals surface area contributed by atoms with Crippen molar-refractivity contribution < 1.29 is 4.39 Å². The molecule has 5 aromatic heterocycles. The zero-order valence-electron chi connectivity index (χ0n) is 20.5. The molecule has 0 unspecified atom stereocenters. The third kappa shape index (κ3) is 4.52. The Balaban J connectivity index is 1.41. The second-order valence-electron chi connectivity index (χ2n) is 9.22. The molecule has 0 saturated carbocycles. The first-order valence-corrected chi connectivity index (χ1v) is 12.0. The molecule has 0 atom stereocenters. The number of likely N-dealkylation sites (N-methyl/N-ethyl adjacent to an activating group) is 1. The molecule has 37 heavy (non-hydrogen) atoms.